The molecular weight excluding hydrogens is 445 g/mol. The van der Waals surface area contributed by atoms with E-state index in [2.05, 4.69) is 0 Å². The highest BCUT2D eigenvalue weighted by molar-refractivity contribution is 5.75. The van der Waals surface area contributed by atoms with Crippen molar-refractivity contribution in [2.24, 2.45) is 11.8 Å². The number of methoxy groups -OCH3 is 1. The minimum Gasteiger partial charge on any atom is -0.497 e. The van der Waals surface area contributed by atoms with Gasteiger partial charge in [0, 0.05) is 12.7 Å². The summed E-state index contributed by atoms with van der Waals surface area (Å²) in [5, 5.41) is 9.27. The highest BCUT2D eigenvalue weighted by atomic mass is 19.2. The summed E-state index contributed by atoms with van der Waals surface area (Å²) in [7, 11) is 1.48. The third kappa shape index (κ3) is 5.24. The highest BCUT2D eigenvalue weighted by Crippen LogP contribution is 2.40. The molecule has 0 spiro atoms. The molecule has 2 aliphatic rings. The van der Waals surface area contributed by atoms with Crippen LogP contribution < -0.4 is 9.47 Å². The van der Waals surface area contributed by atoms with Crippen LogP contribution in [0, 0.1) is 29.3 Å². The summed E-state index contributed by atoms with van der Waals surface area (Å²) >= 11 is 0. The van der Waals surface area contributed by atoms with Crippen LogP contribution in [0.15, 0.2) is 30.3 Å². The number of carbonyl (C=O) groups is 1. The molecule has 0 bridgehead atoms. The van der Waals surface area contributed by atoms with E-state index in [0.717, 1.165) is 12.8 Å². The van der Waals surface area contributed by atoms with Crippen LogP contribution >= 0.6 is 0 Å². The molecule has 0 aliphatic heterocycles. The van der Waals surface area contributed by atoms with Gasteiger partial charge in [0.25, 0.3) is 0 Å². The van der Waals surface area contributed by atoms with E-state index >= 15 is 0 Å². The van der Waals surface area contributed by atoms with Gasteiger partial charge in [0.1, 0.15) is 11.6 Å². The molecule has 4 rings (SSSR count). The van der Waals surface area contributed by atoms with Crippen LogP contribution in [0.3, 0.4) is 0 Å². The normalized spacial score (nSPS) is 25.1. The summed E-state index contributed by atoms with van der Waals surface area (Å²) in [6.45, 7) is 0.120. The fourth-order valence-corrected chi connectivity index (χ4v) is 5.39. The van der Waals surface area contributed by atoms with E-state index in [1.807, 2.05) is 0 Å². The van der Waals surface area contributed by atoms with E-state index in [-0.39, 0.29) is 30.2 Å². The topological polar surface area (TPSA) is 55.8 Å². The van der Waals surface area contributed by atoms with Gasteiger partial charge in [-0.1, -0.05) is 12.1 Å². The minimum atomic E-state index is -1.14. The molecule has 1 N–H and O–H groups in total. The molecule has 34 heavy (non-hydrogen) atoms. The lowest BCUT2D eigenvalue weighted by Crippen LogP contribution is -2.26. The van der Waals surface area contributed by atoms with E-state index in [1.54, 1.807) is 12.1 Å². The van der Waals surface area contributed by atoms with Crippen molar-refractivity contribution in [2.75, 3.05) is 13.7 Å². The van der Waals surface area contributed by atoms with Crippen LogP contribution in [0.1, 0.15) is 74.3 Å². The number of benzene rings is 2. The second-order valence-corrected chi connectivity index (χ2v) is 9.54. The average molecular weight is 477 g/mol. The maximum atomic E-state index is 14.8. The van der Waals surface area contributed by atoms with Gasteiger partial charge in [-0.05, 0) is 92.4 Å². The largest absolute Gasteiger partial charge is 0.497 e. The predicted octanol–water partition coefficient (Wildman–Crippen LogP) is 6.26. The predicted molar refractivity (Wildman–Crippen MR) is 121 cm³/mol. The highest BCUT2D eigenvalue weighted by Gasteiger charge is 2.31. The molecule has 2 aromatic rings. The molecule has 2 saturated carbocycles. The van der Waals surface area contributed by atoms with Gasteiger partial charge >= 0.3 is 5.97 Å². The van der Waals surface area contributed by atoms with Crippen LogP contribution in [0.4, 0.5) is 13.2 Å². The number of carbonyl (C=O) groups excluding carboxylic acids is 1. The maximum absolute atomic E-state index is 14.8. The van der Waals surface area contributed by atoms with E-state index in [9.17, 15) is 23.1 Å². The molecule has 184 valence electrons. The third-order valence-electron chi connectivity index (χ3n) is 7.54. The lowest BCUT2D eigenvalue weighted by atomic mass is 9.78. The Labute approximate surface area is 198 Å². The average Bonchev–Trinajstić information content (AvgIpc) is 2.87. The van der Waals surface area contributed by atoms with Crippen LogP contribution in [-0.4, -0.2) is 24.8 Å². The van der Waals surface area contributed by atoms with Crippen LogP contribution in [0.5, 0.6) is 11.5 Å². The van der Waals surface area contributed by atoms with Crippen LogP contribution in [0.25, 0.3) is 0 Å². The Bertz CT molecular complexity index is 1010. The maximum Gasteiger partial charge on any atom is 0.314 e. The molecule has 0 atom stereocenters. The van der Waals surface area contributed by atoms with Crippen molar-refractivity contribution in [2.45, 2.75) is 63.2 Å². The third-order valence-corrected chi connectivity index (χ3v) is 7.54. The van der Waals surface area contributed by atoms with Crippen LogP contribution in [-0.2, 0) is 4.79 Å². The molecule has 2 aromatic carbocycles. The number of rotatable bonds is 6. The zero-order valence-corrected chi connectivity index (χ0v) is 19.4. The van der Waals surface area contributed by atoms with Gasteiger partial charge in [0.05, 0.1) is 13.0 Å². The zero-order chi connectivity index (χ0) is 24.2. The lowest BCUT2D eigenvalue weighted by molar-refractivity contribution is -0.140. The van der Waals surface area contributed by atoms with E-state index in [1.165, 1.54) is 25.3 Å². The number of esters is 1. The van der Waals surface area contributed by atoms with Gasteiger partial charge in [0.2, 0.25) is 5.82 Å². The van der Waals surface area contributed by atoms with Gasteiger partial charge in [-0.2, -0.15) is 4.39 Å². The fourth-order valence-electron chi connectivity index (χ4n) is 5.39. The van der Waals surface area contributed by atoms with Crippen molar-refractivity contribution in [3.05, 3.63) is 58.9 Å². The van der Waals surface area contributed by atoms with E-state index < -0.39 is 29.3 Å². The van der Waals surface area contributed by atoms with Crippen molar-refractivity contribution < 1.29 is 32.5 Å². The minimum absolute atomic E-state index is 0.00987. The number of halogens is 3. The molecule has 0 unspecified atom stereocenters. The molecule has 2 aliphatic carbocycles. The number of hydrogen-bond donors (Lipinski definition) is 1. The molecule has 0 saturated heterocycles. The first-order valence-corrected chi connectivity index (χ1v) is 12.0. The van der Waals surface area contributed by atoms with Gasteiger partial charge in [-0.15, -0.1) is 0 Å². The second-order valence-electron chi connectivity index (χ2n) is 9.54. The Hall–Kier alpha value is -2.54. The van der Waals surface area contributed by atoms with Gasteiger partial charge in [-0.25, -0.2) is 8.78 Å². The summed E-state index contributed by atoms with van der Waals surface area (Å²) in [4.78, 5) is 12.7. The number of hydrogen-bond acceptors (Lipinski definition) is 4. The molecule has 0 amide bonds. The standard InChI is InChI=1S/C27H31F3O4/c1-33-20-10-11-21(23(28)14-20)17-6-8-19(9-7-17)27(32)34-24-13-12-22(25(29)26(24)30)18-4-2-16(15-31)3-5-18/h10-14,16-19,31H,2-9,15H2,1H3. The summed E-state index contributed by atoms with van der Waals surface area (Å²) in [5.41, 5.74) is 0.903. The Morgan fingerprint density at radius 2 is 1.50 bits per heavy atom. The molecule has 2 fully saturated rings. The van der Waals surface area contributed by atoms with Crippen molar-refractivity contribution in [3.8, 4) is 11.5 Å². The first kappa shape index (κ1) is 24.6. The quantitative estimate of drug-likeness (QED) is 0.395. The molecule has 4 nitrogen and oxygen atoms in total. The molecular formula is C27H31F3O4. The molecule has 0 radical (unpaired) electrons. The SMILES string of the molecule is COc1ccc(C2CCC(C(=O)Oc3ccc(C4CCC(CO)CC4)c(F)c3F)CC2)c(F)c1. The Kier molecular flexibility index (Phi) is 7.81. The van der Waals surface area contributed by atoms with Crippen molar-refractivity contribution >= 4 is 5.97 Å². The van der Waals surface area contributed by atoms with Crippen LogP contribution in [0.2, 0.25) is 0 Å². The molecule has 0 heterocycles. The van der Waals surface area contributed by atoms with Gasteiger partial charge in [-0.3, -0.25) is 4.79 Å². The molecule has 7 heteroatoms. The smallest absolute Gasteiger partial charge is 0.314 e. The van der Waals surface area contributed by atoms with Crippen molar-refractivity contribution in [1.82, 2.24) is 0 Å². The lowest BCUT2D eigenvalue weighted by Gasteiger charge is -2.28. The summed E-state index contributed by atoms with van der Waals surface area (Å²) in [5.74, 6) is -3.26. The first-order chi connectivity index (χ1) is 16.4. The Morgan fingerprint density at radius 3 is 2.12 bits per heavy atom. The second kappa shape index (κ2) is 10.8. The van der Waals surface area contributed by atoms with E-state index in [4.69, 9.17) is 9.47 Å². The van der Waals surface area contributed by atoms with Crippen molar-refractivity contribution in [1.29, 1.82) is 0 Å². The molecule has 0 aromatic heterocycles. The number of aliphatic hydroxyl groups is 1. The Balaban J connectivity index is 1.36. The number of aliphatic hydroxyl groups excluding tert-OH is 1. The number of ether oxygens (including phenoxy) is 2. The summed E-state index contributed by atoms with van der Waals surface area (Å²) in [6, 6.07) is 7.64. The monoisotopic (exact) mass is 476 g/mol. The zero-order valence-electron chi connectivity index (χ0n) is 19.4. The van der Waals surface area contributed by atoms with Gasteiger partial charge < -0.3 is 14.6 Å². The fraction of sp³-hybridized carbons (Fsp3) is 0.519. The van der Waals surface area contributed by atoms with Crippen molar-refractivity contribution in [3.63, 3.8) is 0 Å². The van der Waals surface area contributed by atoms with E-state index in [0.29, 0.717) is 55.4 Å². The first-order valence-electron chi connectivity index (χ1n) is 12.0. The van der Waals surface area contributed by atoms with Gasteiger partial charge in [0.15, 0.2) is 11.6 Å². The summed E-state index contributed by atoms with van der Waals surface area (Å²) in [6.07, 6.45) is 5.14. The summed E-state index contributed by atoms with van der Waals surface area (Å²) < 4.78 is 54.2. The Morgan fingerprint density at radius 1 is 0.882 bits per heavy atom.